The van der Waals surface area contributed by atoms with E-state index >= 15 is 0 Å². The summed E-state index contributed by atoms with van der Waals surface area (Å²) in [7, 11) is 0. The average Bonchev–Trinajstić information content (AvgIpc) is 2.61. The van der Waals surface area contributed by atoms with Crippen molar-refractivity contribution in [2.24, 2.45) is 0 Å². The van der Waals surface area contributed by atoms with Crippen molar-refractivity contribution in [1.82, 2.24) is 10.6 Å². The summed E-state index contributed by atoms with van der Waals surface area (Å²) in [5.74, 6) is -0.503. The number of carbonyl (C=O) groups excluding carboxylic acids is 3. The normalized spacial score (nSPS) is 10.1. The summed E-state index contributed by atoms with van der Waals surface area (Å²) in [6.45, 7) is 4.15. The van der Waals surface area contributed by atoms with Crippen LogP contribution in [0.3, 0.4) is 0 Å². The Labute approximate surface area is 152 Å². The van der Waals surface area contributed by atoms with Gasteiger partial charge in [-0.15, -0.1) is 0 Å². The van der Waals surface area contributed by atoms with E-state index in [1.165, 1.54) is 13.0 Å². The number of rotatable bonds is 7. The fourth-order valence-electron chi connectivity index (χ4n) is 2.27. The smallest absolute Gasteiger partial charge is 0.308 e. The Balaban J connectivity index is 1.72. The first-order chi connectivity index (χ1) is 12.5. The van der Waals surface area contributed by atoms with Gasteiger partial charge in [0.15, 0.2) is 0 Å². The van der Waals surface area contributed by atoms with E-state index in [1.54, 1.807) is 30.3 Å². The summed E-state index contributed by atoms with van der Waals surface area (Å²) >= 11 is 0. The Morgan fingerprint density at radius 2 is 1.50 bits per heavy atom. The molecule has 2 N–H and O–H groups in total. The van der Waals surface area contributed by atoms with Crippen LogP contribution >= 0.6 is 0 Å². The van der Waals surface area contributed by atoms with Gasteiger partial charge >= 0.3 is 5.97 Å². The van der Waals surface area contributed by atoms with Crippen LogP contribution in [0, 0.1) is 6.92 Å². The molecule has 0 spiro atoms. The number of benzene rings is 2. The molecule has 0 unspecified atom stereocenters. The summed E-state index contributed by atoms with van der Waals surface area (Å²) in [5.41, 5.74) is 2.12. The molecule has 0 bridgehead atoms. The zero-order valence-electron chi connectivity index (χ0n) is 14.9. The molecule has 2 rings (SSSR count). The van der Waals surface area contributed by atoms with Crippen LogP contribution in [0.15, 0.2) is 48.5 Å². The second kappa shape index (κ2) is 9.36. The summed E-state index contributed by atoms with van der Waals surface area (Å²) in [6.07, 6.45) is 0.604. The minimum atomic E-state index is -0.438. The van der Waals surface area contributed by atoms with E-state index in [1.807, 2.05) is 19.1 Å². The zero-order chi connectivity index (χ0) is 18.9. The van der Waals surface area contributed by atoms with Crippen LogP contribution in [-0.4, -0.2) is 30.9 Å². The molecule has 0 aromatic heterocycles. The Kier molecular flexibility index (Phi) is 6.91. The standard InChI is InChI=1S/C20H22N2O4/c1-14-7-9-16(10-8-14)19(24)21-11-4-12-22-20(25)17-5-3-6-18(13-17)26-15(2)23/h3,5-10,13H,4,11-12H2,1-2H3,(H,21,24)(H,22,25). The molecule has 0 aliphatic carbocycles. The van der Waals surface area contributed by atoms with Gasteiger partial charge < -0.3 is 15.4 Å². The maximum atomic E-state index is 12.1. The fourth-order valence-corrected chi connectivity index (χ4v) is 2.27. The molecule has 2 aromatic rings. The summed E-state index contributed by atoms with van der Waals surface area (Å²) in [4.78, 5) is 35.0. The maximum Gasteiger partial charge on any atom is 0.308 e. The number of carbonyl (C=O) groups is 3. The lowest BCUT2D eigenvalue weighted by molar-refractivity contribution is -0.131. The van der Waals surface area contributed by atoms with Crippen molar-refractivity contribution in [3.8, 4) is 5.75 Å². The first-order valence-corrected chi connectivity index (χ1v) is 8.37. The van der Waals surface area contributed by atoms with Crippen molar-refractivity contribution < 1.29 is 19.1 Å². The second-order valence-corrected chi connectivity index (χ2v) is 5.85. The molecule has 6 heteroatoms. The van der Waals surface area contributed by atoms with E-state index in [0.29, 0.717) is 36.4 Å². The summed E-state index contributed by atoms with van der Waals surface area (Å²) in [5, 5.41) is 5.58. The fraction of sp³-hybridized carbons (Fsp3) is 0.250. The van der Waals surface area contributed by atoms with Crippen LogP contribution in [0.1, 0.15) is 39.6 Å². The molecule has 0 aliphatic rings. The van der Waals surface area contributed by atoms with Crippen LogP contribution in [-0.2, 0) is 4.79 Å². The van der Waals surface area contributed by atoms with Crippen molar-refractivity contribution >= 4 is 17.8 Å². The maximum absolute atomic E-state index is 12.1. The van der Waals surface area contributed by atoms with E-state index in [9.17, 15) is 14.4 Å². The Hall–Kier alpha value is -3.15. The molecule has 26 heavy (non-hydrogen) atoms. The number of amides is 2. The number of hydrogen-bond acceptors (Lipinski definition) is 4. The SMILES string of the molecule is CC(=O)Oc1cccc(C(=O)NCCCNC(=O)c2ccc(C)cc2)c1. The predicted octanol–water partition coefficient (Wildman–Crippen LogP) is 2.47. The highest BCUT2D eigenvalue weighted by atomic mass is 16.5. The van der Waals surface area contributed by atoms with Crippen molar-refractivity contribution in [1.29, 1.82) is 0 Å². The number of esters is 1. The molecule has 0 fully saturated rings. The molecule has 0 atom stereocenters. The molecular formula is C20H22N2O4. The minimum Gasteiger partial charge on any atom is -0.427 e. The van der Waals surface area contributed by atoms with Crippen LogP contribution in [0.2, 0.25) is 0 Å². The van der Waals surface area contributed by atoms with Crippen molar-refractivity contribution in [3.05, 3.63) is 65.2 Å². The van der Waals surface area contributed by atoms with Crippen LogP contribution in [0.4, 0.5) is 0 Å². The largest absolute Gasteiger partial charge is 0.427 e. The van der Waals surface area contributed by atoms with Crippen LogP contribution < -0.4 is 15.4 Å². The van der Waals surface area contributed by atoms with Gasteiger partial charge in [-0.25, -0.2) is 0 Å². The minimum absolute atomic E-state index is 0.134. The van der Waals surface area contributed by atoms with Crippen LogP contribution in [0.5, 0.6) is 5.75 Å². The van der Waals surface area contributed by atoms with Gasteiger partial charge in [0.25, 0.3) is 11.8 Å². The number of hydrogen-bond donors (Lipinski definition) is 2. The van der Waals surface area contributed by atoms with Gasteiger partial charge in [0.05, 0.1) is 0 Å². The number of ether oxygens (including phenoxy) is 1. The monoisotopic (exact) mass is 354 g/mol. The van der Waals surface area contributed by atoms with E-state index < -0.39 is 5.97 Å². The second-order valence-electron chi connectivity index (χ2n) is 5.85. The summed E-state index contributed by atoms with van der Waals surface area (Å²) < 4.78 is 4.96. The Morgan fingerprint density at radius 1 is 0.885 bits per heavy atom. The van der Waals surface area contributed by atoms with E-state index in [0.717, 1.165) is 5.56 Å². The highest BCUT2D eigenvalue weighted by Gasteiger charge is 2.08. The predicted molar refractivity (Wildman–Crippen MR) is 98.2 cm³/mol. The quantitative estimate of drug-likeness (QED) is 0.454. The lowest BCUT2D eigenvalue weighted by atomic mass is 10.1. The van der Waals surface area contributed by atoms with Gasteiger partial charge in [0.1, 0.15) is 5.75 Å². The van der Waals surface area contributed by atoms with Crippen molar-refractivity contribution in [2.45, 2.75) is 20.3 Å². The molecule has 136 valence electrons. The third-order valence-corrected chi connectivity index (χ3v) is 3.60. The molecule has 0 radical (unpaired) electrons. The Morgan fingerprint density at radius 3 is 2.12 bits per heavy atom. The molecule has 2 aromatic carbocycles. The average molecular weight is 354 g/mol. The van der Waals surface area contributed by atoms with Gasteiger partial charge in [-0.3, -0.25) is 14.4 Å². The van der Waals surface area contributed by atoms with Gasteiger partial charge in [0.2, 0.25) is 0 Å². The lowest BCUT2D eigenvalue weighted by Crippen LogP contribution is -2.29. The molecule has 0 heterocycles. The van der Waals surface area contributed by atoms with Crippen molar-refractivity contribution in [2.75, 3.05) is 13.1 Å². The van der Waals surface area contributed by atoms with E-state index in [2.05, 4.69) is 10.6 Å². The van der Waals surface area contributed by atoms with E-state index in [4.69, 9.17) is 4.74 Å². The highest BCUT2D eigenvalue weighted by molar-refractivity contribution is 5.95. The molecule has 0 saturated carbocycles. The molecule has 0 aliphatic heterocycles. The third-order valence-electron chi connectivity index (χ3n) is 3.60. The van der Waals surface area contributed by atoms with Gasteiger partial charge in [-0.1, -0.05) is 23.8 Å². The van der Waals surface area contributed by atoms with Crippen molar-refractivity contribution in [3.63, 3.8) is 0 Å². The van der Waals surface area contributed by atoms with E-state index in [-0.39, 0.29) is 11.8 Å². The molecule has 6 nitrogen and oxygen atoms in total. The first kappa shape index (κ1) is 19.2. The van der Waals surface area contributed by atoms with Crippen LogP contribution in [0.25, 0.3) is 0 Å². The van der Waals surface area contributed by atoms with Gasteiger partial charge in [-0.05, 0) is 43.7 Å². The third kappa shape index (κ3) is 6.05. The highest BCUT2D eigenvalue weighted by Crippen LogP contribution is 2.13. The lowest BCUT2D eigenvalue weighted by Gasteiger charge is -2.08. The van der Waals surface area contributed by atoms with Gasteiger partial charge in [0, 0.05) is 31.1 Å². The number of aryl methyl sites for hydroxylation is 1. The first-order valence-electron chi connectivity index (χ1n) is 8.37. The summed E-state index contributed by atoms with van der Waals surface area (Å²) in [6, 6.07) is 13.7. The molecule has 0 saturated heterocycles. The Bertz CT molecular complexity index is 785. The topological polar surface area (TPSA) is 84.5 Å². The molecular weight excluding hydrogens is 332 g/mol. The molecule has 2 amide bonds. The number of nitrogens with one attached hydrogen (secondary N) is 2. The van der Waals surface area contributed by atoms with Gasteiger partial charge in [-0.2, -0.15) is 0 Å². The zero-order valence-corrected chi connectivity index (χ0v) is 14.9.